The molecule has 118 valence electrons. The lowest BCUT2D eigenvalue weighted by Crippen LogP contribution is -2.30. The first-order chi connectivity index (χ1) is 11.0. The van der Waals surface area contributed by atoms with E-state index in [0.717, 1.165) is 23.9 Å². The molecule has 1 aliphatic carbocycles. The van der Waals surface area contributed by atoms with Crippen molar-refractivity contribution in [2.24, 2.45) is 7.05 Å². The molecule has 2 heterocycles. The van der Waals surface area contributed by atoms with Crippen molar-refractivity contribution in [3.05, 3.63) is 29.4 Å². The van der Waals surface area contributed by atoms with Crippen LogP contribution in [0.5, 0.6) is 0 Å². The Morgan fingerprint density at radius 1 is 1.39 bits per heavy atom. The minimum atomic E-state index is -0.289. The number of carbonyl (C=O) groups excluding carboxylic acids is 1. The highest BCUT2D eigenvalue weighted by Gasteiger charge is 2.34. The van der Waals surface area contributed by atoms with Crippen LogP contribution < -0.4 is 4.90 Å². The monoisotopic (exact) mass is 330 g/mol. The number of nitrogens with zero attached hydrogens (tertiary/aromatic N) is 4. The largest absolute Gasteiger partial charge is 0.326 e. The topological polar surface area (TPSA) is 51.0 Å². The molecular weight excluding hydrogens is 315 g/mol. The van der Waals surface area contributed by atoms with E-state index >= 15 is 0 Å². The average Bonchev–Trinajstić information content (AvgIpc) is 3.12. The molecular formula is C16H15FN4OS. The summed E-state index contributed by atoms with van der Waals surface area (Å²) in [5.74, 6) is 0.398. The molecule has 0 spiro atoms. The lowest BCUT2D eigenvalue weighted by Gasteiger charge is -2.16. The van der Waals surface area contributed by atoms with Gasteiger partial charge in [-0.15, -0.1) is 11.3 Å². The fourth-order valence-corrected chi connectivity index (χ4v) is 3.67. The maximum absolute atomic E-state index is 13.4. The number of benzene rings is 1. The molecule has 23 heavy (non-hydrogen) atoms. The molecule has 1 aliphatic rings. The normalized spacial score (nSPS) is 14.4. The van der Waals surface area contributed by atoms with Crippen LogP contribution in [0.25, 0.3) is 22.6 Å². The Labute approximate surface area is 136 Å². The first kappa shape index (κ1) is 14.3. The van der Waals surface area contributed by atoms with Crippen molar-refractivity contribution in [3.63, 3.8) is 0 Å². The van der Waals surface area contributed by atoms with Crippen molar-refractivity contribution in [2.45, 2.75) is 25.8 Å². The fourth-order valence-electron chi connectivity index (χ4n) is 2.75. The Balaban J connectivity index is 1.77. The van der Waals surface area contributed by atoms with Crippen LogP contribution >= 0.6 is 11.3 Å². The van der Waals surface area contributed by atoms with Crippen molar-refractivity contribution in [1.29, 1.82) is 0 Å². The molecule has 0 saturated heterocycles. The number of hydrogen-bond acceptors (Lipinski definition) is 4. The van der Waals surface area contributed by atoms with Gasteiger partial charge in [0.05, 0.1) is 11.0 Å². The summed E-state index contributed by atoms with van der Waals surface area (Å²) < 4.78 is 15.2. The van der Waals surface area contributed by atoms with Gasteiger partial charge in [-0.05, 0) is 31.0 Å². The molecule has 0 unspecified atom stereocenters. The molecule has 1 saturated carbocycles. The summed E-state index contributed by atoms with van der Waals surface area (Å²) in [4.78, 5) is 22.7. The van der Waals surface area contributed by atoms with Crippen molar-refractivity contribution in [1.82, 2.24) is 14.5 Å². The number of carbonyl (C=O) groups is 1. The van der Waals surface area contributed by atoms with E-state index in [1.807, 2.05) is 17.0 Å². The zero-order chi connectivity index (χ0) is 16.1. The van der Waals surface area contributed by atoms with Gasteiger partial charge in [0.2, 0.25) is 5.91 Å². The number of anilines is 1. The zero-order valence-electron chi connectivity index (χ0n) is 12.8. The molecule has 2 aromatic heterocycles. The van der Waals surface area contributed by atoms with Crippen LogP contribution in [0.1, 0.15) is 19.8 Å². The Morgan fingerprint density at radius 2 is 2.17 bits per heavy atom. The Bertz CT molecular complexity index is 912. The maximum atomic E-state index is 13.4. The summed E-state index contributed by atoms with van der Waals surface area (Å²) in [6, 6.07) is 4.80. The Hall–Kier alpha value is -2.28. The first-order valence-electron chi connectivity index (χ1n) is 7.42. The second-order valence-corrected chi connectivity index (χ2v) is 6.60. The van der Waals surface area contributed by atoms with Crippen LogP contribution in [0.3, 0.4) is 0 Å². The summed E-state index contributed by atoms with van der Waals surface area (Å²) in [5.41, 5.74) is 2.15. The van der Waals surface area contributed by atoms with Crippen molar-refractivity contribution >= 4 is 33.4 Å². The number of thiazole rings is 1. The molecule has 1 aromatic carbocycles. The highest BCUT2D eigenvalue weighted by molar-refractivity contribution is 7.14. The van der Waals surface area contributed by atoms with E-state index in [4.69, 9.17) is 0 Å². The predicted octanol–water partition coefficient (Wildman–Crippen LogP) is 3.35. The third-order valence-corrected chi connectivity index (χ3v) is 4.86. The molecule has 0 aliphatic heterocycles. The molecule has 7 heteroatoms. The van der Waals surface area contributed by atoms with Gasteiger partial charge in [-0.25, -0.2) is 14.4 Å². The lowest BCUT2D eigenvalue weighted by molar-refractivity contribution is -0.116. The van der Waals surface area contributed by atoms with E-state index in [0.29, 0.717) is 16.6 Å². The first-order valence-corrected chi connectivity index (χ1v) is 8.30. The van der Waals surface area contributed by atoms with Gasteiger partial charge in [-0.1, -0.05) is 0 Å². The van der Waals surface area contributed by atoms with E-state index < -0.39 is 0 Å². The van der Waals surface area contributed by atoms with Crippen LogP contribution in [0.15, 0.2) is 23.6 Å². The van der Waals surface area contributed by atoms with Crippen molar-refractivity contribution in [2.75, 3.05) is 4.90 Å². The van der Waals surface area contributed by atoms with Gasteiger partial charge >= 0.3 is 0 Å². The summed E-state index contributed by atoms with van der Waals surface area (Å²) >= 11 is 1.44. The van der Waals surface area contributed by atoms with Crippen LogP contribution in [0, 0.1) is 5.82 Å². The van der Waals surface area contributed by atoms with Crippen molar-refractivity contribution < 1.29 is 9.18 Å². The van der Waals surface area contributed by atoms with Crippen molar-refractivity contribution in [3.8, 4) is 11.5 Å². The van der Waals surface area contributed by atoms with Gasteiger partial charge in [-0.2, -0.15) is 0 Å². The second-order valence-electron chi connectivity index (χ2n) is 5.76. The number of aromatic nitrogens is 3. The summed E-state index contributed by atoms with van der Waals surface area (Å²) in [6.45, 7) is 1.57. The molecule has 0 bridgehead atoms. The van der Waals surface area contributed by atoms with Crippen LogP contribution in [0.4, 0.5) is 9.52 Å². The molecule has 5 nitrogen and oxygen atoms in total. The van der Waals surface area contributed by atoms with Gasteiger partial charge < -0.3 is 4.57 Å². The van der Waals surface area contributed by atoms with Gasteiger partial charge in [0.25, 0.3) is 0 Å². The molecule has 1 fully saturated rings. The number of rotatable bonds is 3. The summed E-state index contributed by atoms with van der Waals surface area (Å²) in [6.07, 6.45) is 2.06. The number of imidazole rings is 1. The Morgan fingerprint density at radius 3 is 2.87 bits per heavy atom. The smallest absolute Gasteiger partial charge is 0.225 e. The number of hydrogen-bond donors (Lipinski definition) is 0. The number of amides is 1. The molecule has 4 rings (SSSR count). The van der Waals surface area contributed by atoms with Crippen LogP contribution in [-0.2, 0) is 11.8 Å². The van der Waals surface area contributed by atoms with E-state index in [1.54, 1.807) is 17.9 Å². The third kappa shape index (κ3) is 2.41. The van der Waals surface area contributed by atoms with Crippen LogP contribution in [0.2, 0.25) is 0 Å². The predicted molar refractivity (Wildman–Crippen MR) is 88.0 cm³/mol. The second kappa shape index (κ2) is 5.13. The lowest BCUT2D eigenvalue weighted by atomic mass is 10.3. The van der Waals surface area contributed by atoms with E-state index in [2.05, 4.69) is 9.97 Å². The molecule has 1 amide bonds. The van der Waals surface area contributed by atoms with Gasteiger partial charge in [0.1, 0.15) is 11.5 Å². The fraction of sp³-hybridized carbons (Fsp3) is 0.312. The van der Waals surface area contributed by atoms with E-state index in [-0.39, 0.29) is 17.8 Å². The quantitative estimate of drug-likeness (QED) is 0.740. The highest BCUT2D eigenvalue weighted by atomic mass is 32.1. The molecule has 0 radical (unpaired) electrons. The maximum Gasteiger partial charge on any atom is 0.225 e. The zero-order valence-corrected chi connectivity index (χ0v) is 13.6. The van der Waals surface area contributed by atoms with E-state index in [1.165, 1.54) is 23.5 Å². The number of fused-ring (bicyclic) bond motifs is 1. The molecule has 0 atom stereocenters. The van der Waals surface area contributed by atoms with Gasteiger partial charge in [0, 0.05) is 25.4 Å². The SMILES string of the molecule is CC(=O)N(c1nc(-c2nc3ccc(F)cc3n2C)cs1)C1CC1. The van der Waals surface area contributed by atoms with Gasteiger partial charge in [-0.3, -0.25) is 9.69 Å². The third-order valence-electron chi connectivity index (χ3n) is 4.02. The minimum Gasteiger partial charge on any atom is -0.326 e. The Kier molecular flexibility index (Phi) is 3.19. The standard InChI is InChI=1S/C16H15FN4OS/c1-9(22)21(11-4-5-11)16-19-13(8-23-16)15-18-12-6-3-10(17)7-14(12)20(15)2/h3,6-8,11H,4-5H2,1-2H3. The summed E-state index contributed by atoms with van der Waals surface area (Å²) in [7, 11) is 1.84. The number of aryl methyl sites for hydroxylation is 1. The molecule has 0 N–H and O–H groups in total. The van der Waals surface area contributed by atoms with E-state index in [9.17, 15) is 9.18 Å². The number of halogens is 1. The highest BCUT2D eigenvalue weighted by Crippen LogP contribution is 2.35. The van der Waals surface area contributed by atoms with Crippen LogP contribution in [-0.4, -0.2) is 26.5 Å². The average molecular weight is 330 g/mol. The minimum absolute atomic E-state index is 0.0143. The summed E-state index contributed by atoms with van der Waals surface area (Å²) in [5, 5.41) is 2.60. The molecule has 3 aromatic rings. The van der Waals surface area contributed by atoms with Gasteiger partial charge in [0.15, 0.2) is 11.0 Å².